The molecule has 2 aromatic heterocycles. The van der Waals surface area contributed by atoms with E-state index in [1.807, 2.05) is 29.8 Å². The lowest BCUT2D eigenvalue weighted by atomic mass is 10.2. The molecule has 0 radical (unpaired) electrons. The van der Waals surface area contributed by atoms with E-state index >= 15 is 0 Å². The molecule has 2 heterocycles. The molecule has 9 heteroatoms. The van der Waals surface area contributed by atoms with Crippen molar-refractivity contribution in [3.8, 4) is 11.4 Å². The molecule has 0 bridgehead atoms. The average Bonchev–Trinajstić information content (AvgIpc) is 2.99. The van der Waals surface area contributed by atoms with Gasteiger partial charge in [0.05, 0.1) is 17.9 Å². The molecule has 124 valence electrons. The summed E-state index contributed by atoms with van der Waals surface area (Å²) < 4.78 is 0. The maximum absolute atomic E-state index is 11.0. The van der Waals surface area contributed by atoms with Crippen LogP contribution >= 0.6 is 47.1 Å². The second kappa shape index (κ2) is 9.83. The largest absolute Gasteiger partial charge is 0.351 e. The zero-order valence-electron chi connectivity index (χ0n) is 13.0. The van der Waals surface area contributed by atoms with Gasteiger partial charge in [-0.3, -0.25) is 9.79 Å². The zero-order chi connectivity index (χ0) is 15.9. The number of amides is 1. The van der Waals surface area contributed by atoms with Crippen molar-refractivity contribution in [3.63, 3.8) is 0 Å². The summed E-state index contributed by atoms with van der Waals surface area (Å²) in [6.07, 6.45) is 1.96. The summed E-state index contributed by atoms with van der Waals surface area (Å²) in [4.78, 5) is 24.1. The highest BCUT2D eigenvalue weighted by atomic mass is 127. The van der Waals surface area contributed by atoms with Crippen LogP contribution in [0.5, 0.6) is 0 Å². The summed E-state index contributed by atoms with van der Waals surface area (Å²) in [5.41, 5.74) is 2.38. The summed E-state index contributed by atoms with van der Waals surface area (Å²) in [5, 5.41) is 9.43. The van der Waals surface area contributed by atoms with Crippen molar-refractivity contribution in [2.45, 2.75) is 13.5 Å². The molecule has 0 aliphatic heterocycles. The van der Waals surface area contributed by atoms with Gasteiger partial charge in [-0.15, -0.1) is 35.3 Å². The summed E-state index contributed by atoms with van der Waals surface area (Å²) in [6.45, 7) is 1.90. The van der Waals surface area contributed by atoms with E-state index in [2.05, 4.69) is 25.6 Å². The fraction of sp³-hybridized carbons (Fsp3) is 0.286. The van der Waals surface area contributed by atoms with E-state index in [1.54, 1.807) is 7.05 Å². The van der Waals surface area contributed by atoms with Gasteiger partial charge in [0.2, 0.25) is 5.91 Å². The monoisotopic (exact) mass is 463 g/mol. The van der Waals surface area contributed by atoms with Gasteiger partial charge in [0.1, 0.15) is 5.69 Å². The third-order valence-electron chi connectivity index (χ3n) is 2.70. The average molecular weight is 463 g/mol. The molecular formula is C14H18IN5OS2. The lowest BCUT2D eigenvalue weighted by Crippen LogP contribution is -2.19. The Morgan fingerprint density at radius 1 is 1.35 bits per heavy atom. The molecule has 2 aromatic rings. The smallest absolute Gasteiger partial charge is 0.217 e. The predicted molar refractivity (Wildman–Crippen MR) is 109 cm³/mol. The van der Waals surface area contributed by atoms with Crippen LogP contribution in [-0.4, -0.2) is 34.3 Å². The number of rotatable bonds is 4. The minimum Gasteiger partial charge on any atom is -0.351 e. The van der Waals surface area contributed by atoms with Crippen molar-refractivity contribution in [2.75, 3.05) is 18.6 Å². The zero-order valence-corrected chi connectivity index (χ0v) is 17.0. The third kappa shape index (κ3) is 6.07. The molecule has 1 amide bonds. The second-order valence-corrected chi connectivity index (χ2v) is 5.97. The SMILES string of the molecule is CN=C(Nc1nc(-c2cccc(CNC(C)=O)n2)cs1)SC.I. The van der Waals surface area contributed by atoms with Crippen LogP contribution in [-0.2, 0) is 11.3 Å². The van der Waals surface area contributed by atoms with E-state index in [0.29, 0.717) is 6.54 Å². The molecule has 0 aliphatic rings. The Morgan fingerprint density at radius 3 is 2.78 bits per heavy atom. The Labute approximate surface area is 160 Å². The molecular weight excluding hydrogens is 445 g/mol. The maximum atomic E-state index is 11.0. The highest BCUT2D eigenvalue weighted by Gasteiger charge is 2.08. The van der Waals surface area contributed by atoms with Crippen LogP contribution in [0.1, 0.15) is 12.6 Å². The standard InChI is InChI=1S/C14H17N5OS2.HI/c1-9(20)16-7-10-5-4-6-11(17-10)12-8-22-14(18-12)19-13(15-2)21-3;/h4-6,8H,7H2,1-3H3,(H,16,20)(H,15,18,19);1H. The topological polar surface area (TPSA) is 79.3 Å². The van der Waals surface area contributed by atoms with Gasteiger partial charge in [-0.25, -0.2) is 9.97 Å². The van der Waals surface area contributed by atoms with Crippen LogP contribution in [0.15, 0.2) is 28.6 Å². The van der Waals surface area contributed by atoms with Gasteiger partial charge < -0.3 is 10.6 Å². The van der Waals surface area contributed by atoms with Crippen LogP contribution in [0.25, 0.3) is 11.4 Å². The number of thioether (sulfide) groups is 1. The van der Waals surface area contributed by atoms with Crippen LogP contribution < -0.4 is 10.6 Å². The highest BCUT2D eigenvalue weighted by molar-refractivity contribution is 14.0. The molecule has 6 nitrogen and oxygen atoms in total. The van der Waals surface area contributed by atoms with Crippen molar-refractivity contribution in [2.24, 2.45) is 4.99 Å². The van der Waals surface area contributed by atoms with Gasteiger partial charge >= 0.3 is 0 Å². The van der Waals surface area contributed by atoms with Gasteiger partial charge in [-0.2, -0.15) is 0 Å². The number of amidine groups is 1. The first-order chi connectivity index (χ1) is 10.6. The molecule has 0 unspecified atom stereocenters. The summed E-state index contributed by atoms with van der Waals surface area (Å²) in [6, 6.07) is 5.69. The molecule has 0 saturated carbocycles. The fourth-order valence-corrected chi connectivity index (χ4v) is 2.82. The highest BCUT2D eigenvalue weighted by Crippen LogP contribution is 2.24. The van der Waals surface area contributed by atoms with Gasteiger partial charge in [-0.1, -0.05) is 17.8 Å². The minimum atomic E-state index is -0.0733. The molecule has 0 fully saturated rings. The van der Waals surface area contributed by atoms with Gasteiger partial charge in [0.15, 0.2) is 10.3 Å². The maximum Gasteiger partial charge on any atom is 0.217 e. The van der Waals surface area contributed by atoms with Crippen LogP contribution in [0.2, 0.25) is 0 Å². The molecule has 0 aliphatic carbocycles. The molecule has 0 aromatic carbocycles. The number of halogens is 1. The first-order valence-corrected chi connectivity index (χ1v) is 8.67. The molecule has 2 rings (SSSR count). The quantitative estimate of drug-likeness (QED) is 0.414. The number of pyridine rings is 1. The van der Waals surface area contributed by atoms with Crippen LogP contribution in [0.3, 0.4) is 0 Å². The normalized spacial score (nSPS) is 10.8. The number of carbonyl (C=O) groups is 1. The van der Waals surface area contributed by atoms with Crippen molar-refractivity contribution in [3.05, 3.63) is 29.3 Å². The predicted octanol–water partition coefficient (Wildman–Crippen LogP) is 3.22. The number of thiazole rings is 1. The number of aliphatic imine (C=N–C) groups is 1. The van der Waals surface area contributed by atoms with Crippen molar-refractivity contribution < 1.29 is 4.79 Å². The molecule has 0 saturated heterocycles. The number of nitrogens with zero attached hydrogens (tertiary/aromatic N) is 3. The lowest BCUT2D eigenvalue weighted by molar-refractivity contribution is -0.119. The van der Waals surface area contributed by atoms with Gasteiger partial charge in [0.25, 0.3) is 0 Å². The van der Waals surface area contributed by atoms with E-state index in [-0.39, 0.29) is 29.9 Å². The Bertz CT molecular complexity index is 689. The lowest BCUT2D eigenvalue weighted by Gasteiger charge is -2.04. The Balaban J connectivity index is 0.00000264. The Hall–Kier alpha value is -1.20. The molecule has 23 heavy (non-hydrogen) atoms. The number of carbonyl (C=O) groups excluding carboxylic acids is 1. The summed E-state index contributed by atoms with van der Waals surface area (Å²) in [5.74, 6) is -0.0733. The first-order valence-electron chi connectivity index (χ1n) is 6.56. The van der Waals surface area contributed by atoms with Crippen molar-refractivity contribution >= 4 is 63.3 Å². The number of anilines is 1. The van der Waals surface area contributed by atoms with Gasteiger partial charge in [0, 0.05) is 19.4 Å². The fourth-order valence-electron chi connectivity index (χ4n) is 1.67. The Kier molecular flexibility index (Phi) is 8.48. The first kappa shape index (κ1) is 19.8. The Morgan fingerprint density at radius 2 is 2.13 bits per heavy atom. The van der Waals surface area contributed by atoms with Crippen molar-refractivity contribution in [1.82, 2.24) is 15.3 Å². The summed E-state index contributed by atoms with van der Waals surface area (Å²) >= 11 is 3.03. The van der Waals surface area contributed by atoms with Crippen LogP contribution in [0, 0.1) is 0 Å². The molecule has 0 spiro atoms. The number of hydrogen-bond acceptors (Lipinski definition) is 6. The van der Waals surface area contributed by atoms with E-state index in [1.165, 1.54) is 30.0 Å². The van der Waals surface area contributed by atoms with Gasteiger partial charge in [-0.05, 0) is 18.4 Å². The second-order valence-electron chi connectivity index (χ2n) is 4.32. The minimum absolute atomic E-state index is 0. The third-order valence-corrected chi connectivity index (χ3v) is 4.13. The molecule has 0 atom stereocenters. The van der Waals surface area contributed by atoms with Crippen LogP contribution in [0.4, 0.5) is 5.13 Å². The molecule has 2 N–H and O–H groups in total. The number of aromatic nitrogens is 2. The van der Waals surface area contributed by atoms with E-state index in [9.17, 15) is 4.79 Å². The van der Waals surface area contributed by atoms with E-state index in [4.69, 9.17) is 0 Å². The van der Waals surface area contributed by atoms with Crippen molar-refractivity contribution in [1.29, 1.82) is 0 Å². The summed E-state index contributed by atoms with van der Waals surface area (Å²) in [7, 11) is 1.74. The number of nitrogens with one attached hydrogen (secondary N) is 2. The van der Waals surface area contributed by atoms with E-state index < -0.39 is 0 Å². The van der Waals surface area contributed by atoms with E-state index in [0.717, 1.165) is 27.4 Å². The number of hydrogen-bond donors (Lipinski definition) is 2.